The minimum Gasteiger partial charge on any atom is -0.465 e. The first kappa shape index (κ1) is 19.2. The van der Waals surface area contributed by atoms with Gasteiger partial charge in [0.05, 0.1) is 17.2 Å². The third-order valence-corrected chi connectivity index (χ3v) is 5.69. The van der Waals surface area contributed by atoms with Crippen LogP contribution in [0.5, 0.6) is 0 Å². The molecule has 3 heterocycles. The molecule has 2 aliphatic heterocycles. The third kappa shape index (κ3) is 3.76. The van der Waals surface area contributed by atoms with Gasteiger partial charge in [0.2, 0.25) is 5.91 Å². The van der Waals surface area contributed by atoms with Gasteiger partial charge in [-0.3, -0.25) is 14.2 Å². The van der Waals surface area contributed by atoms with E-state index in [2.05, 4.69) is 15.2 Å². The summed E-state index contributed by atoms with van der Waals surface area (Å²) in [7, 11) is 0. The number of amides is 2. The van der Waals surface area contributed by atoms with Gasteiger partial charge in [-0.15, -0.1) is 0 Å². The molecule has 154 valence electrons. The Bertz CT molecular complexity index is 1000. The molecule has 2 unspecified atom stereocenters. The van der Waals surface area contributed by atoms with E-state index in [-0.39, 0.29) is 24.1 Å². The predicted molar refractivity (Wildman–Crippen MR) is 108 cm³/mol. The van der Waals surface area contributed by atoms with E-state index in [1.807, 2.05) is 32.0 Å². The van der Waals surface area contributed by atoms with Crippen LogP contribution in [0.3, 0.4) is 0 Å². The summed E-state index contributed by atoms with van der Waals surface area (Å²) in [4.78, 5) is 44.1. The molecule has 9 nitrogen and oxygen atoms in total. The number of anilines is 1. The number of carbonyl (C=O) groups excluding carboxylic acids is 1. The second kappa shape index (κ2) is 7.38. The predicted octanol–water partition coefficient (Wildman–Crippen LogP) is 0.967. The fourth-order valence-corrected chi connectivity index (χ4v) is 4.34. The van der Waals surface area contributed by atoms with Crippen molar-refractivity contribution >= 4 is 28.6 Å². The molecule has 0 aliphatic carbocycles. The molecule has 2 atom stereocenters. The fourth-order valence-electron chi connectivity index (χ4n) is 4.34. The van der Waals surface area contributed by atoms with E-state index >= 15 is 0 Å². The molecule has 2 aromatic rings. The summed E-state index contributed by atoms with van der Waals surface area (Å²) in [6, 6.07) is 5.60. The van der Waals surface area contributed by atoms with Gasteiger partial charge in [0, 0.05) is 49.7 Å². The fraction of sp³-hybridized carbons (Fsp3) is 0.500. The number of rotatable bonds is 4. The van der Waals surface area contributed by atoms with Crippen molar-refractivity contribution in [3.8, 4) is 0 Å². The highest BCUT2D eigenvalue weighted by Crippen LogP contribution is 2.34. The molecule has 2 saturated heterocycles. The van der Waals surface area contributed by atoms with Gasteiger partial charge in [0.25, 0.3) is 5.56 Å². The van der Waals surface area contributed by atoms with Crippen molar-refractivity contribution in [2.45, 2.75) is 26.4 Å². The second-order valence-electron chi connectivity index (χ2n) is 8.21. The molecule has 2 fully saturated rings. The van der Waals surface area contributed by atoms with Gasteiger partial charge in [0.1, 0.15) is 6.54 Å². The van der Waals surface area contributed by atoms with Crippen LogP contribution < -0.4 is 15.8 Å². The van der Waals surface area contributed by atoms with Gasteiger partial charge >= 0.3 is 6.09 Å². The number of likely N-dealkylation sites (tertiary alicyclic amines) is 1. The van der Waals surface area contributed by atoms with Crippen LogP contribution in [0.25, 0.3) is 10.9 Å². The SMILES string of the molecule is CC(C)NC(=O)Cn1cnc2ccc(N3CC4CN(C(=O)O)CC4C3)cc2c1=O. The van der Waals surface area contributed by atoms with Crippen LogP contribution in [-0.4, -0.2) is 63.8 Å². The zero-order chi connectivity index (χ0) is 20.7. The Labute approximate surface area is 167 Å². The van der Waals surface area contributed by atoms with E-state index in [0.29, 0.717) is 35.8 Å². The molecule has 0 bridgehead atoms. The highest BCUT2D eigenvalue weighted by molar-refractivity contribution is 5.82. The van der Waals surface area contributed by atoms with Crippen LogP contribution in [0.4, 0.5) is 10.5 Å². The number of nitrogens with one attached hydrogen (secondary N) is 1. The van der Waals surface area contributed by atoms with Crippen molar-refractivity contribution in [2.24, 2.45) is 11.8 Å². The highest BCUT2D eigenvalue weighted by Gasteiger charge is 2.41. The minimum absolute atomic E-state index is 0.00453. The number of benzene rings is 1. The monoisotopic (exact) mass is 399 g/mol. The molecule has 2 amide bonds. The summed E-state index contributed by atoms with van der Waals surface area (Å²) in [6.45, 7) is 6.33. The van der Waals surface area contributed by atoms with Gasteiger partial charge in [-0.2, -0.15) is 0 Å². The first-order valence-electron chi connectivity index (χ1n) is 9.83. The van der Waals surface area contributed by atoms with Gasteiger partial charge in [0.15, 0.2) is 0 Å². The maximum atomic E-state index is 12.9. The topological polar surface area (TPSA) is 108 Å². The first-order chi connectivity index (χ1) is 13.8. The smallest absolute Gasteiger partial charge is 0.407 e. The van der Waals surface area contributed by atoms with Gasteiger partial charge in [-0.05, 0) is 32.0 Å². The Morgan fingerprint density at radius 1 is 1.21 bits per heavy atom. The van der Waals surface area contributed by atoms with E-state index in [4.69, 9.17) is 0 Å². The Morgan fingerprint density at radius 2 is 1.90 bits per heavy atom. The van der Waals surface area contributed by atoms with Crippen molar-refractivity contribution in [1.82, 2.24) is 19.8 Å². The summed E-state index contributed by atoms with van der Waals surface area (Å²) in [5.74, 6) is 0.397. The van der Waals surface area contributed by atoms with E-state index in [1.54, 1.807) is 0 Å². The first-order valence-corrected chi connectivity index (χ1v) is 9.83. The molecule has 0 spiro atoms. The summed E-state index contributed by atoms with van der Waals surface area (Å²) in [6.07, 6.45) is 0.551. The molecule has 4 rings (SSSR count). The van der Waals surface area contributed by atoms with Gasteiger partial charge in [-0.1, -0.05) is 0 Å². The summed E-state index contributed by atoms with van der Waals surface area (Å²) in [5, 5.41) is 12.4. The second-order valence-corrected chi connectivity index (χ2v) is 8.21. The quantitative estimate of drug-likeness (QED) is 0.793. The molecule has 0 saturated carbocycles. The van der Waals surface area contributed by atoms with E-state index in [0.717, 1.165) is 18.8 Å². The normalized spacial score (nSPS) is 21.1. The summed E-state index contributed by atoms with van der Waals surface area (Å²) in [5.41, 5.74) is 1.28. The standard InChI is InChI=1S/C20H25N5O4/c1-12(2)22-18(26)10-25-11-21-17-4-3-15(5-16(17)19(25)27)23-6-13-8-24(20(28)29)9-14(13)7-23/h3-5,11-14H,6-10H2,1-2H3,(H,22,26)(H,28,29). The molecule has 2 aliphatic rings. The molecule has 2 N–H and O–H groups in total. The molecule has 0 radical (unpaired) electrons. The maximum Gasteiger partial charge on any atom is 0.407 e. The Hall–Kier alpha value is -3.10. The van der Waals surface area contributed by atoms with Gasteiger partial charge < -0.3 is 20.2 Å². The van der Waals surface area contributed by atoms with Crippen LogP contribution in [0.1, 0.15) is 13.8 Å². The largest absolute Gasteiger partial charge is 0.465 e. The molecule has 1 aromatic carbocycles. The Kier molecular flexibility index (Phi) is 4.89. The third-order valence-electron chi connectivity index (χ3n) is 5.69. The zero-order valence-electron chi connectivity index (χ0n) is 16.5. The summed E-state index contributed by atoms with van der Waals surface area (Å²) < 4.78 is 1.33. The number of carbonyl (C=O) groups is 2. The Morgan fingerprint density at radius 3 is 2.52 bits per heavy atom. The van der Waals surface area contributed by atoms with Crippen molar-refractivity contribution < 1.29 is 14.7 Å². The zero-order valence-corrected chi connectivity index (χ0v) is 16.5. The molecule has 1 aromatic heterocycles. The molecule has 9 heteroatoms. The average Bonchev–Trinajstić information content (AvgIpc) is 3.22. The average molecular weight is 399 g/mol. The lowest BCUT2D eigenvalue weighted by Crippen LogP contribution is -2.36. The van der Waals surface area contributed by atoms with E-state index in [9.17, 15) is 19.5 Å². The van der Waals surface area contributed by atoms with Crippen LogP contribution >= 0.6 is 0 Å². The minimum atomic E-state index is -0.857. The number of aromatic nitrogens is 2. The number of fused-ring (bicyclic) bond motifs is 2. The van der Waals surface area contributed by atoms with E-state index < -0.39 is 6.09 Å². The van der Waals surface area contributed by atoms with Gasteiger partial charge in [-0.25, -0.2) is 9.78 Å². The molecule has 29 heavy (non-hydrogen) atoms. The molecular weight excluding hydrogens is 374 g/mol. The lowest BCUT2D eigenvalue weighted by atomic mass is 10.0. The molecular formula is C20H25N5O4. The Balaban J connectivity index is 1.55. The lowest BCUT2D eigenvalue weighted by molar-refractivity contribution is -0.122. The van der Waals surface area contributed by atoms with Crippen LogP contribution in [0, 0.1) is 11.8 Å². The maximum absolute atomic E-state index is 12.9. The van der Waals surface area contributed by atoms with Crippen molar-refractivity contribution in [3.63, 3.8) is 0 Å². The van der Waals surface area contributed by atoms with Crippen molar-refractivity contribution in [2.75, 3.05) is 31.1 Å². The van der Waals surface area contributed by atoms with Crippen LogP contribution in [0.15, 0.2) is 29.3 Å². The van der Waals surface area contributed by atoms with E-state index in [1.165, 1.54) is 15.8 Å². The number of hydrogen-bond donors (Lipinski definition) is 2. The van der Waals surface area contributed by atoms with Crippen LogP contribution in [0.2, 0.25) is 0 Å². The summed E-state index contributed by atoms with van der Waals surface area (Å²) >= 11 is 0. The number of nitrogens with zero attached hydrogens (tertiary/aromatic N) is 4. The highest BCUT2D eigenvalue weighted by atomic mass is 16.4. The number of hydrogen-bond acceptors (Lipinski definition) is 5. The lowest BCUT2D eigenvalue weighted by Gasteiger charge is -2.22. The van der Waals surface area contributed by atoms with Crippen molar-refractivity contribution in [3.05, 3.63) is 34.9 Å². The van der Waals surface area contributed by atoms with Crippen molar-refractivity contribution in [1.29, 1.82) is 0 Å². The number of carboxylic acid groups (broad SMARTS) is 1. The van der Waals surface area contributed by atoms with Crippen LogP contribution in [-0.2, 0) is 11.3 Å².